The molecule has 2 nitrogen and oxygen atoms in total. The number of hydrogen-bond acceptors (Lipinski definition) is 2. The van der Waals surface area contributed by atoms with Crippen molar-refractivity contribution in [3.63, 3.8) is 0 Å². The summed E-state index contributed by atoms with van der Waals surface area (Å²) in [4.78, 5) is 11.7. The molecule has 1 fully saturated rings. The monoisotopic (exact) mass is 228 g/mol. The molecule has 0 amide bonds. The van der Waals surface area contributed by atoms with E-state index in [0.29, 0.717) is 0 Å². The molecule has 0 spiro atoms. The summed E-state index contributed by atoms with van der Waals surface area (Å²) in [5, 5.41) is 0. The molecular formula is C14H28O2. The maximum Gasteiger partial charge on any atom is 0.311 e. The smallest absolute Gasteiger partial charge is 0.311 e. The first-order valence-electron chi connectivity index (χ1n) is 6.77. The highest BCUT2D eigenvalue weighted by Crippen LogP contribution is 2.26. The van der Waals surface area contributed by atoms with Crippen LogP contribution in [0.5, 0.6) is 0 Å². The molecule has 1 aliphatic carbocycles. The van der Waals surface area contributed by atoms with Crippen molar-refractivity contribution in [1.82, 2.24) is 0 Å². The first-order chi connectivity index (χ1) is 7.56. The second-order valence-electron chi connectivity index (χ2n) is 4.90. The molecule has 0 aromatic rings. The van der Waals surface area contributed by atoms with E-state index in [9.17, 15) is 4.79 Å². The van der Waals surface area contributed by atoms with Crippen LogP contribution in [0.15, 0.2) is 0 Å². The predicted octanol–water partition coefficient (Wildman–Crippen LogP) is 4.32. The predicted molar refractivity (Wildman–Crippen MR) is 68.4 cm³/mol. The SMILES string of the molecule is CC.CCC(C)(C)C(=O)OC1CCCCC1. The zero-order chi connectivity index (χ0) is 12.6. The van der Waals surface area contributed by atoms with Gasteiger partial charge in [0.15, 0.2) is 0 Å². The number of hydrogen-bond donors (Lipinski definition) is 0. The highest BCUT2D eigenvalue weighted by molar-refractivity contribution is 5.75. The van der Waals surface area contributed by atoms with Crippen LogP contribution in [0.2, 0.25) is 0 Å². The zero-order valence-corrected chi connectivity index (χ0v) is 11.6. The molecule has 0 bridgehead atoms. The van der Waals surface area contributed by atoms with Gasteiger partial charge >= 0.3 is 5.97 Å². The van der Waals surface area contributed by atoms with E-state index in [2.05, 4.69) is 0 Å². The van der Waals surface area contributed by atoms with Crippen LogP contribution in [-0.2, 0) is 9.53 Å². The fraction of sp³-hybridized carbons (Fsp3) is 0.929. The molecular weight excluding hydrogens is 200 g/mol. The summed E-state index contributed by atoms with van der Waals surface area (Å²) >= 11 is 0. The van der Waals surface area contributed by atoms with E-state index in [-0.39, 0.29) is 17.5 Å². The average molecular weight is 228 g/mol. The van der Waals surface area contributed by atoms with E-state index >= 15 is 0 Å². The summed E-state index contributed by atoms with van der Waals surface area (Å²) < 4.78 is 5.51. The van der Waals surface area contributed by atoms with Gasteiger partial charge in [0.25, 0.3) is 0 Å². The maximum atomic E-state index is 11.7. The van der Waals surface area contributed by atoms with Crippen molar-refractivity contribution >= 4 is 5.97 Å². The summed E-state index contributed by atoms with van der Waals surface area (Å²) in [5.74, 6) is -0.0214. The van der Waals surface area contributed by atoms with Gasteiger partial charge in [-0.15, -0.1) is 0 Å². The Morgan fingerprint density at radius 3 is 2.12 bits per heavy atom. The van der Waals surface area contributed by atoms with Crippen LogP contribution >= 0.6 is 0 Å². The number of carbonyl (C=O) groups is 1. The Morgan fingerprint density at radius 1 is 1.19 bits per heavy atom. The number of rotatable bonds is 3. The van der Waals surface area contributed by atoms with Crippen LogP contribution in [0.1, 0.15) is 73.1 Å². The highest BCUT2D eigenvalue weighted by atomic mass is 16.5. The van der Waals surface area contributed by atoms with Crippen molar-refractivity contribution in [3.8, 4) is 0 Å². The van der Waals surface area contributed by atoms with E-state index in [1.54, 1.807) is 0 Å². The van der Waals surface area contributed by atoms with Gasteiger partial charge < -0.3 is 4.74 Å². The van der Waals surface area contributed by atoms with Gasteiger partial charge in [0.2, 0.25) is 0 Å². The van der Waals surface area contributed by atoms with E-state index in [1.165, 1.54) is 19.3 Å². The Morgan fingerprint density at radius 2 is 1.69 bits per heavy atom. The minimum absolute atomic E-state index is 0.0214. The van der Waals surface area contributed by atoms with Crippen LogP contribution in [0.4, 0.5) is 0 Å². The maximum absolute atomic E-state index is 11.7. The molecule has 0 aliphatic heterocycles. The summed E-state index contributed by atoms with van der Waals surface area (Å²) in [7, 11) is 0. The lowest BCUT2D eigenvalue weighted by Gasteiger charge is -2.27. The van der Waals surface area contributed by atoms with Gasteiger partial charge in [0.05, 0.1) is 5.41 Å². The third-order valence-electron chi connectivity index (χ3n) is 3.26. The first-order valence-corrected chi connectivity index (χ1v) is 6.77. The molecule has 1 aliphatic rings. The highest BCUT2D eigenvalue weighted by Gasteiger charge is 2.29. The molecule has 1 rings (SSSR count). The van der Waals surface area contributed by atoms with E-state index < -0.39 is 0 Å². The minimum atomic E-state index is -0.308. The molecule has 0 aromatic heterocycles. The fourth-order valence-corrected chi connectivity index (χ4v) is 1.64. The van der Waals surface area contributed by atoms with Gasteiger partial charge in [0, 0.05) is 0 Å². The second kappa shape index (κ2) is 7.70. The molecule has 0 atom stereocenters. The fourth-order valence-electron chi connectivity index (χ4n) is 1.64. The number of esters is 1. The van der Waals surface area contributed by atoms with Crippen LogP contribution in [0.3, 0.4) is 0 Å². The Bertz CT molecular complexity index is 191. The van der Waals surface area contributed by atoms with Crippen LogP contribution in [0.25, 0.3) is 0 Å². The van der Waals surface area contributed by atoms with Gasteiger partial charge in [-0.25, -0.2) is 0 Å². The first kappa shape index (κ1) is 15.5. The summed E-state index contributed by atoms with van der Waals surface area (Å²) in [6.07, 6.45) is 6.89. The lowest BCUT2D eigenvalue weighted by atomic mass is 9.90. The van der Waals surface area contributed by atoms with Crippen LogP contribution in [-0.4, -0.2) is 12.1 Å². The Labute approximate surface area is 101 Å². The molecule has 0 aromatic carbocycles. The molecule has 0 heterocycles. The van der Waals surface area contributed by atoms with Crippen molar-refractivity contribution in [3.05, 3.63) is 0 Å². The van der Waals surface area contributed by atoms with Gasteiger partial charge in [0.1, 0.15) is 6.10 Å². The van der Waals surface area contributed by atoms with Crippen molar-refractivity contribution in [2.75, 3.05) is 0 Å². The van der Waals surface area contributed by atoms with Crippen LogP contribution in [0, 0.1) is 5.41 Å². The molecule has 0 N–H and O–H groups in total. The summed E-state index contributed by atoms with van der Waals surface area (Å²) in [5.41, 5.74) is -0.308. The Balaban J connectivity index is 0.00000106. The van der Waals surface area contributed by atoms with E-state index in [4.69, 9.17) is 4.74 Å². The summed E-state index contributed by atoms with van der Waals surface area (Å²) in [6, 6.07) is 0. The topological polar surface area (TPSA) is 26.3 Å². The lowest BCUT2D eigenvalue weighted by Crippen LogP contribution is -2.31. The van der Waals surface area contributed by atoms with E-state index in [0.717, 1.165) is 19.3 Å². The molecule has 0 unspecified atom stereocenters. The molecule has 1 saturated carbocycles. The van der Waals surface area contributed by atoms with Crippen molar-refractivity contribution in [1.29, 1.82) is 0 Å². The quantitative estimate of drug-likeness (QED) is 0.672. The van der Waals surface area contributed by atoms with Gasteiger partial charge in [-0.05, 0) is 46.0 Å². The van der Waals surface area contributed by atoms with Crippen molar-refractivity contribution < 1.29 is 9.53 Å². The Kier molecular flexibility index (Phi) is 7.44. The van der Waals surface area contributed by atoms with Gasteiger partial charge in [-0.3, -0.25) is 4.79 Å². The normalized spacial score (nSPS) is 17.3. The third-order valence-corrected chi connectivity index (χ3v) is 3.26. The van der Waals surface area contributed by atoms with Crippen molar-refractivity contribution in [2.24, 2.45) is 5.41 Å². The Hall–Kier alpha value is -0.530. The number of carbonyl (C=O) groups excluding carboxylic acids is 1. The second-order valence-corrected chi connectivity index (χ2v) is 4.90. The molecule has 0 radical (unpaired) electrons. The molecule has 2 heteroatoms. The summed E-state index contributed by atoms with van der Waals surface area (Å²) in [6.45, 7) is 9.94. The minimum Gasteiger partial charge on any atom is -0.462 e. The average Bonchev–Trinajstić information content (AvgIpc) is 2.33. The molecule has 96 valence electrons. The molecule has 0 saturated heterocycles. The zero-order valence-electron chi connectivity index (χ0n) is 11.6. The third kappa shape index (κ3) is 5.00. The van der Waals surface area contributed by atoms with Crippen LogP contribution < -0.4 is 0 Å². The van der Waals surface area contributed by atoms with Crippen molar-refractivity contribution in [2.45, 2.75) is 79.2 Å². The largest absolute Gasteiger partial charge is 0.462 e. The van der Waals surface area contributed by atoms with Gasteiger partial charge in [-0.1, -0.05) is 27.2 Å². The number of ether oxygens (including phenoxy) is 1. The van der Waals surface area contributed by atoms with E-state index in [1.807, 2.05) is 34.6 Å². The molecule has 16 heavy (non-hydrogen) atoms. The van der Waals surface area contributed by atoms with Gasteiger partial charge in [-0.2, -0.15) is 0 Å². The standard InChI is InChI=1S/C12H22O2.C2H6/c1-4-12(2,3)11(13)14-10-8-6-5-7-9-10;1-2/h10H,4-9H2,1-3H3;1-2H3. The lowest BCUT2D eigenvalue weighted by molar-refractivity contribution is -0.161.